The van der Waals surface area contributed by atoms with Crippen molar-refractivity contribution < 1.29 is 0 Å². The molecule has 0 saturated heterocycles. The average molecular weight is 256 g/mol. The lowest BCUT2D eigenvalue weighted by Crippen LogP contribution is -2.15. The van der Waals surface area contributed by atoms with E-state index in [2.05, 4.69) is 60.2 Å². The summed E-state index contributed by atoms with van der Waals surface area (Å²) in [5.74, 6) is 0. The van der Waals surface area contributed by atoms with Crippen LogP contribution in [0.5, 0.6) is 0 Å². The molecule has 0 heterocycles. The van der Waals surface area contributed by atoms with Crippen LogP contribution in [0.3, 0.4) is 0 Å². The van der Waals surface area contributed by atoms with Gasteiger partial charge < -0.3 is 5.32 Å². The summed E-state index contributed by atoms with van der Waals surface area (Å²) in [6.07, 6.45) is 2.44. The molecule has 1 aromatic carbocycles. The molecule has 0 aliphatic rings. The number of nitrogens with one attached hydrogen (secondary N) is 1. The van der Waals surface area contributed by atoms with Gasteiger partial charge in [-0.05, 0) is 38.0 Å². The molecular formula is C12H18BrN. The Morgan fingerprint density at radius 3 is 2.79 bits per heavy atom. The van der Waals surface area contributed by atoms with Gasteiger partial charge in [-0.25, -0.2) is 0 Å². The summed E-state index contributed by atoms with van der Waals surface area (Å²) in [6.45, 7) is 6.57. The number of aryl methyl sites for hydroxylation is 1. The van der Waals surface area contributed by atoms with Crippen LogP contribution in [0.1, 0.15) is 32.3 Å². The Labute approximate surface area is 95.0 Å². The Bertz CT molecular complexity index is 296. The fraction of sp³-hybridized carbons (Fsp3) is 0.500. The first-order valence-electron chi connectivity index (χ1n) is 5.16. The zero-order valence-corrected chi connectivity index (χ0v) is 10.7. The monoisotopic (exact) mass is 255 g/mol. The first kappa shape index (κ1) is 11.6. The van der Waals surface area contributed by atoms with Gasteiger partial charge in [0.1, 0.15) is 0 Å². The van der Waals surface area contributed by atoms with Crippen LogP contribution in [-0.4, -0.2) is 6.04 Å². The maximum absolute atomic E-state index is 3.52. The van der Waals surface area contributed by atoms with Gasteiger partial charge in [0, 0.05) is 16.2 Å². The van der Waals surface area contributed by atoms with Gasteiger partial charge >= 0.3 is 0 Å². The topological polar surface area (TPSA) is 12.0 Å². The summed E-state index contributed by atoms with van der Waals surface area (Å²) in [7, 11) is 0. The van der Waals surface area contributed by atoms with E-state index in [-0.39, 0.29) is 0 Å². The van der Waals surface area contributed by atoms with Crippen LogP contribution in [0, 0.1) is 6.92 Å². The zero-order chi connectivity index (χ0) is 10.6. The van der Waals surface area contributed by atoms with Crippen molar-refractivity contribution in [2.75, 3.05) is 5.32 Å². The molecule has 1 nitrogen and oxygen atoms in total. The van der Waals surface area contributed by atoms with Gasteiger partial charge in [0.05, 0.1) is 0 Å². The van der Waals surface area contributed by atoms with E-state index < -0.39 is 0 Å². The second-order valence-electron chi connectivity index (χ2n) is 3.79. The molecule has 0 saturated carbocycles. The molecule has 0 bridgehead atoms. The number of anilines is 1. The van der Waals surface area contributed by atoms with Crippen molar-refractivity contribution in [3.05, 3.63) is 28.2 Å². The van der Waals surface area contributed by atoms with Gasteiger partial charge in [0.25, 0.3) is 0 Å². The normalized spacial score (nSPS) is 12.6. The summed E-state index contributed by atoms with van der Waals surface area (Å²) in [6, 6.07) is 6.89. The average Bonchev–Trinajstić information content (AvgIpc) is 2.12. The van der Waals surface area contributed by atoms with Crippen molar-refractivity contribution in [3.8, 4) is 0 Å². The van der Waals surface area contributed by atoms with E-state index in [0.29, 0.717) is 6.04 Å². The standard InChI is InChI=1S/C12H18BrN/c1-4-5-10(3)14-12-8-11(13)7-6-9(12)2/h6-8,10,14H,4-5H2,1-3H3. The molecule has 0 aliphatic heterocycles. The van der Waals surface area contributed by atoms with Gasteiger partial charge in [0.15, 0.2) is 0 Å². The van der Waals surface area contributed by atoms with E-state index in [9.17, 15) is 0 Å². The Hall–Kier alpha value is -0.500. The molecule has 0 radical (unpaired) electrons. The van der Waals surface area contributed by atoms with E-state index in [0.717, 1.165) is 4.47 Å². The van der Waals surface area contributed by atoms with Crippen LogP contribution in [0.25, 0.3) is 0 Å². The lowest BCUT2D eigenvalue weighted by atomic mass is 10.1. The molecule has 0 aliphatic carbocycles. The Kier molecular flexibility index (Phi) is 4.46. The van der Waals surface area contributed by atoms with Crippen molar-refractivity contribution in [1.29, 1.82) is 0 Å². The molecule has 0 fully saturated rings. The van der Waals surface area contributed by atoms with Gasteiger partial charge in [-0.15, -0.1) is 0 Å². The van der Waals surface area contributed by atoms with Gasteiger partial charge in [-0.3, -0.25) is 0 Å². The third-order valence-electron chi connectivity index (χ3n) is 2.32. The largest absolute Gasteiger partial charge is 0.382 e. The van der Waals surface area contributed by atoms with Gasteiger partial charge in [-0.2, -0.15) is 0 Å². The van der Waals surface area contributed by atoms with Crippen molar-refractivity contribution >= 4 is 21.6 Å². The fourth-order valence-corrected chi connectivity index (χ4v) is 1.88. The fourth-order valence-electron chi connectivity index (χ4n) is 1.52. The molecule has 78 valence electrons. The number of benzene rings is 1. The van der Waals surface area contributed by atoms with E-state index in [4.69, 9.17) is 0 Å². The predicted octanol–water partition coefficient (Wildman–Crippen LogP) is 4.36. The van der Waals surface area contributed by atoms with Crippen LogP contribution in [0.4, 0.5) is 5.69 Å². The van der Waals surface area contributed by atoms with E-state index >= 15 is 0 Å². The maximum atomic E-state index is 3.52. The first-order valence-corrected chi connectivity index (χ1v) is 5.95. The van der Waals surface area contributed by atoms with Crippen molar-refractivity contribution in [3.63, 3.8) is 0 Å². The molecule has 1 rings (SSSR count). The SMILES string of the molecule is CCCC(C)Nc1cc(Br)ccc1C. The highest BCUT2D eigenvalue weighted by Gasteiger charge is 2.03. The molecule has 1 N–H and O–H groups in total. The minimum atomic E-state index is 0.549. The highest BCUT2D eigenvalue weighted by atomic mass is 79.9. The van der Waals surface area contributed by atoms with E-state index in [1.54, 1.807) is 0 Å². The highest BCUT2D eigenvalue weighted by molar-refractivity contribution is 9.10. The molecule has 0 amide bonds. The lowest BCUT2D eigenvalue weighted by molar-refractivity contribution is 0.690. The summed E-state index contributed by atoms with van der Waals surface area (Å²) in [4.78, 5) is 0. The van der Waals surface area contributed by atoms with Crippen molar-refractivity contribution in [2.45, 2.75) is 39.7 Å². The van der Waals surface area contributed by atoms with Crippen molar-refractivity contribution in [2.24, 2.45) is 0 Å². The number of hydrogen-bond acceptors (Lipinski definition) is 1. The third-order valence-corrected chi connectivity index (χ3v) is 2.82. The van der Waals surface area contributed by atoms with Crippen LogP contribution in [0.15, 0.2) is 22.7 Å². The number of hydrogen-bond donors (Lipinski definition) is 1. The number of halogens is 1. The highest BCUT2D eigenvalue weighted by Crippen LogP contribution is 2.21. The summed E-state index contributed by atoms with van der Waals surface area (Å²) in [5.41, 5.74) is 2.54. The van der Waals surface area contributed by atoms with Crippen LogP contribution in [0.2, 0.25) is 0 Å². The van der Waals surface area contributed by atoms with Gasteiger partial charge in [0.2, 0.25) is 0 Å². The van der Waals surface area contributed by atoms with Crippen molar-refractivity contribution in [1.82, 2.24) is 0 Å². The lowest BCUT2D eigenvalue weighted by Gasteiger charge is -2.16. The second kappa shape index (κ2) is 5.40. The molecule has 1 aromatic rings. The quantitative estimate of drug-likeness (QED) is 0.844. The first-order chi connectivity index (χ1) is 6.63. The zero-order valence-electron chi connectivity index (χ0n) is 9.10. The Morgan fingerprint density at radius 1 is 1.43 bits per heavy atom. The summed E-state index contributed by atoms with van der Waals surface area (Å²) in [5, 5.41) is 3.52. The molecule has 2 heteroatoms. The van der Waals surface area contributed by atoms with Crippen LogP contribution >= 0.6 is 15.9 Å². The molecule has 0 spiro atoms. The van der Waals surface area contributed by atoms with Gasteiger partial charge in [-0.1, -0.05) is 35.3 Å². The van der Waals surface area contributed by atoms with E-state index in [1.165, 1.54) is 24.1 Å². The summed E-state index contributed by atoms with van der Waals surface area (Å²) >= 11 is 3.49. The Balaban J connectivity index is 2.70. The minimum Gasteiger partial charge on any atom is -0.382 e. The molecule has 14 heavy (non-hydrogen) atoms. The summed E-state index contributed by atoms with van der Waals surface area (Å²) < 4.78 is 1.13. The van der Waals surface area contributed by atoms with Crippen LogP contribution < -0.4 is 5.32 Å². The molecule has 0 aromatic heterocycles. The molecular weight excluding hydrogens is 238 g/mol. The maximum Gasteiger partial charge on any atom is 0.0383 e. The predicted molar refractivity (Wildman–Crippen MR) is 66.9 cm³/mol. The molecule has 1 atom stereocenters. The third kappa shape index (κ3) is 3.33. The minimum absolute atomic E-state index is 0.549. The van der Waals surface area contributed by atoms with Crippen LogP contribution in [-0.2, 0) is 0 Å². The smallest absolute Gasteiger partial charge is 0.0383 e. The number of rotatable bonds is 4. The Morgan fingerprint density at radius 2 is 2.14 bits per heavy atom. The molecule has 1 unspecified atom stereocenters. The van der Waals surface area contributed by atoms with E-state index in [1.807, 2.05) is 0 Å². The second-order valence-corrected chi connectivity index (χ2v) is 4.71.